The number of aromatic nitrogens is 3. The van der Waals surface area contributed by atoms with Gasteiger partial charge >= 0.3 is 5.69 Å². The molecule has 0 unspecified atom stereocenters. The predicted molar refractivity (Wildman–Crippen MR) is 102 cm³/mol. The van der Waals surface area contributed by atoms with Crippen molar-refractivity contribution in [2.75, 3.05) is 6.67 Å². The molecule has 1 aliphatic carbocycles. The minimum Gasteiger partial charge on any atom is -0.292 e. The van der Waals surface area contributed by atoms with Gasteiger partial charge in [-0.1, -0.05) is 11.3 Å². The Balaban J connectivity index is 1.93. The number of alkyl halides is 3. The number of halogens is 4. The Morgan fingerprint density at radius 2 is 2.00 bits per heavy atom. The minimum absolute atomic E-state index is 0.0103. The Morgan fingerprint density at radius 3 is 2.53 bits per heavy atom. The molecule has 0 amide bonds. The van der Waals surface area contributed by atoms with E-state index in [1.165, 1.54) is 4.57 Å². The molecule has 7 nitrogen and oxygen atoms in total. The summed E-state index contributed by atoms with van der Waals surface area (Å²) in [5.41, 5.74) is -1.84. The van der Waals surface area contributed by atoms with Crippen LogP contribution in [-0.2, 0) is 16.6 Å². The first-order valence-electron chi connectivity index (χ1n) is 8.91. The molecule has 3 aromatic rings. The summed E-state index contributed by atoms with van der Waals surface area (Å²) in [5.74, 6) is -1.11. The van der Waals surface area contributed by atoms with Gasteiger partial charge in [0.1, 0.15) is 17.4 Å². The Labute approximate surface area is 172 Å². The summed E-state index contributed by atoms with van der Waals surface area (Å²) in [6, 6.07) is 1.83. The van der Waals surface area contributed by atoms with Crippen LogP contribution in [0.2, 0.25) is 0 Å². The molecule has 1 N–H and O–H groups in total. The molecule has 0 spiro atoms. The number of nitrogens with one attached hydrogen (secondary N) is 1. The zero-order chi connectivity index (χ0) is 21.8. The fourth-order valence-electron chi connectivity index (χ4n) is 3.19. The predicted octanol–water partition coefficient (Wildman–Crippen LogP) is 3.13. The van der Waals surface area contributed by atoms with E-state index in [0.29, 0.717) is 24.2 Å². The quantitative estimate of drug-likeness (QED) is 0.545. The molecule has 162 valence electrons. The van der Waals surface area contributed by atoms with Crippen LogP contribution in [0.15, 0.2) is 28.0 Å². The molecule has 1 fully saturated rings. The molecule has 0 radical (unpaired) electrons. The zero-order valence-electron chi connectivity index (χ0n) is 15.5. The number of sulfonamides is 1. The summed E-state index contributed by atoms with van der Waals surface area (Å²) in [5, 5.41) is -0.0992. The van der Waals surface area contributed by atoms with Gasteiger partial charge < -0.3 is 0 Å². The molecular weight excluding hydrogens is 448 g/mol. The molecule has 0 saturated heterocycles. The summed E-state index contributed by atoms with van der Waals surface area (Å²) in [7, 11) is -4.43. The lowest BCUT2D eigenvalue weighted by Gasteiger charge is -2.14. The van der Waals surface area contributed by atoms with E-state index in [1.54, 1.807) is 6.92 Å². The fraction of sp³-hybridized carbons (Fsp3) is 0.412. The number of thiazole rings is 1. The average molecular weight is 464 g/mol. The zero-order valence-corrected chi connectivity index (χ0v) is 17.2. The molecule has 4 rings (SSSR count). The van der Waals surface area contributed by atoms with E-state index in [2.05, 4.69) is 9.71 Å². The van der Waals surface area contributed by atoms with E-state index in [1.807, 2.05) is 0 Å². The van der Waals surface area contributed by atoms with Crippen LogP contribution < -0.4 is 10.4 Å². The third-order valence-corrected chi connectivity index (χ3v) is 7.55. The van der Waals surface area contributed by atoms with E-state index in [4.69, 9.17) is 0 Å². The minimum atomic E-state index is -4.43. The van der Waals surface area contributed by atoms with Crippen molar-refractivity contribution in [1.29, 1.82) is 0 Å². The van der Waals surface area contributed by atoms with Gasteiger partial charge in [0.15, 0.2) is 5.13 Å². The molecule has 1 aliphatic rings. The number of hydrogen-bond donors (Lipinski definition) is 1. The van der Waals surface area contributed by atoms with Gasteiger partial charge in [-0.15, -0.1) is 0 Å². The number of nitrogens with zero attached hydrogens (tertiary/aromatic N) is 3. The summed E-state index contributed by atoms with van der Waals surface area (Å²) in [6.07, 6.45) is -1.29. The number of rotatable bonds is 7. The SMILES string of the molecule is CCn1c(=O)n(-c2ncc(C(F)F)s2)c2cc(S(=O)(=O)NC3(CF)CC3)c(F)cc21. The van der Waals surface area contributed by atoms with E-state index < -0.39 is 45.1 Å². The summed E-state index contributed by atoms with van der Waals surface area (Å²) >= 11 is 0.568. The average Bonchev–Trinajstić information content (AvgIpc) is 3.16. The van der Waals surface area contributed by atoms with E-state index in [9.17, 15) is 30.8 Å². The van der Waals surface area contributed by atoms with Gasteiger partial charge in [0.25, 0.3) is 6.43 Å². The molecule has 2 aromatic heterocycles. The standard InChI is InChI=1S/C17H16F4N4O3S2/c1-2-24-10-5-9(19)13(30(27,28)23-17(8-18)3-4-17)6-11(10)25(16(24)26)15-22-7-12(29-15)14(20)21/h5-7,14,23H,2-4,8H2,1H3. The Hall–Kier alpha value is -2.25. The maximum atomic E-state index is 14.7. The highest BCUT2D eigenvalue weighted by atomic mass is 32.2. The second-order valence-corrected chi connectivity index (χ2v) is 9.69. The molecule has 30 heavy (non-hydrogen) atoms. The molecule has 0 atom stereocenters. The first-order chi connectivity index (χ1) is 14.1. The third-order valence-electron chi connectivity index (χ3n) is 4.97. The van der Waals surface area contributed by atoms with Crippen molar-refractivity contribution < 1.29 is 26.0 Å². The normalized spacial score (nSPS) is 15.9. The summed E-state index contributed by atoms with van der Waals surface area (Å²) < 4.78 is 83.5. The molecule has 1 saturated carbocycles. The number of hydrogen-bond acceptors (Lipinski definition) is 5. The van der Waals surface area contributed by atoms with Gasteiger partial charge in [-0.3, -0.25) is 4.57 Å². The maximum absolute atomic E-state index is 14.7. The molecule has 0 bridgehead atoms. The highest BCUT2D eigenvalue weighted by Crippen LogP contribution is 2.38. The topological polar surface area (TPSA) is 86.0 Å². The van der Waals surface area contributed by atoms with E-state index in [-0.39, 0.29) is 27.6 Å². The number of fused-ring (bicyclic) bond motifs is 1. The maximum Gasteiger partial charge on any atom is 0.335 e. The smallest absolute Gasteiger partial charge is 0.292 e. The van der Waals surface area contributed by atoms with Gasteiger partial charge in [-0.05, 0) is 25.8 Å². The van der Waals surface area contributed by atoms with E-state index in [0.717, 1.165) is 22.9 Å². The van der Waals surface area contributed by atoms with Gasteiger partial charge in [-0.25, -0.2) is 45.0 Å². The number of benzene rings is 1. The van der Waals surface area contributed by atoms with Crippen LogP contribution in [0.1, 0.15) is 31.1 Å². The molecular formula is C17H16F4N4O3S2. The number of aryl methyl sites for hydroxylation is 1. The van der Waals surface area contributed by atoms with Crippen molar-refractivity contribution in [3.8, 4) is 5.13 Å². The van der Waals surface area contributed by atoms with Gasteiger partial charge in [-0.2, -0.15) is 0 Å². The Kier molecular flexibility index (Phi) is 5.02. The van der Waals surface area contributed by atoms with Crippen LogP contribution >= 0.6 is 11.3 Å². The van der Waals surface area contributed by atoms with Crippen LogP contribution in [0.4, 0.5) is 17.6 Å². The second-order valence-electron chi connectivity index (χ2n) is 7.00. The van der Waals surface area contributed by atoms with Crippen molar-refractivity contribution in [1.82, 2.24) is 18.8 Å². The molecule has 13 heteroatoms. The lowest BCUT2D eigenvalue weighted by atomic mass is 10.3. The van der Waals surface area contributed by atoms with Crippen molar-refractivity contribution >= 4 is 32.4 Å². The van der Waals surface area contributed by atoms with Gasteiger partial charge in [0.2, 0.25) is 10.0 Å². The van der Waals surface area contributed by atoms with Crippen molar-refractivity contribution in [3.05, 3.63) is 39.5 Å². The van der Waals surface area contributed by atoms with Crippen molar-refractivity contribution in [2.45, 2.75) is 43.2 Å². The van der Waals surface area contributed by atoms with Crippen molar-refractivity contribution in [2.24, 2.45) is 0 Å². The summed E-state index contributed by atoms with van der Waals surface area (Å²) in [4.78, 5) is 15.5. The fourth-order valence-corrected chi connectivity index (χ4v) is 5.49. The molecule has 0 aliphatic heterocycles. The van der Waals surface area contributed by atoms with Gasteiger partial charge in [0.05, 0.1) is 21.4 Å². The second kappa shape index (κ2) is 7.17. The van der Waals surface area contributed by atoms with Crippen LogP contribution in [-0.4, -0.2) is 34.7 Å². The Morgan fingerprint density at radius 1 is 1.30 bits per heavy atom. The molecule has 1 aromatic carbocycles. The lowest BCUT2D eigenvalue weighted by Crippen LogP contribution is -2.38. The number of imidazole rings is 1. The van der Waals surface area contributed by atoms with Crippen molar-refractivity contribution in [3.63, 3.8) is 0 Å². The van der Waals surface area contributed by atoms with E-state index >= 15 is 0 Å². The Bertz CT molecular complexity index is 1290. The third kappa shape index (κ3) is 3.34. The summed E-state index contributed by atoms with van der Waals surface area (Å²) in [6.45, 7) is 0.826. The van der Waals surface area contributed by atoms with Crippen LogP contribution in [0, 0.1) is 5.82 Å². The van der Waals surface area contributed by atoms with Crippen LogP contribution in [0.25, 0.3) is 16.2 Å². The largest absolute Gasteiger partial charge is 0.335 e. The van der Waals surface area contributed by atoms with Crippen LogP contribution in [0.3, 0.4) is 0 Å². The lowest BCUT2D eigenvalue weighted by molar-refractivity contribution is 0.155. The first kappa shape index (κ1) is 21.0. The highest BCUT2D eigenvalue weighted by Gasteiger charge is 2.47. The first-order valence-corrected chi connectivity index (χ1v) is 11.2. The highest BCUT2D eigenvalue weighted by molar-refractivity contribution is 7.89. The van der Waals surface area contributed by atoms with Crippen LogP contribution in [0.5, 0.6) is 0 Å². The monoisotopic (exact) mass is 464 g/mol. The van der Waals surface area contributed by atoms with Gasteiger partial charge in [0, 0.05) is 18.8 Å². The molecule has 2 heterocycles.